The average Bonchev–Trinajstić information content (AvgIpc) is 3.11. The fourth-order valence-corrected chi connectivity index (χ4v) is 8.96. The summed E-state index contributed by atoms with van der Waals surface area (Å²) in [6, 6.07) is 21.8. The van der Waals surface area contributed by atoms with E-state index >= 15 is 0 Å². The standard InChI is InChI=1S/C23H29NOSi/c1-23(2,3)26(21-11-7-5-8-12-21,22-13-9-6-10-14-22)25-18-19-15-16-20(17-19)24-4/h5-14,19-20H,15-18H2,1-3H3/t19-,20?/m0/s1. The van der Waals surface area contributed by atoms with Crippen molar-refractivity contribution < 1.29 is 4.43 Å². The zero-order valence-corrected chi connectivity index (χ0v) is 17.1. The molecule has 2 nitrogen and oxygen atoms in total. The molecule has 2 aromatic carbocycles. The van der Waals surface area contributed by atoms with Crippen LogP contribution in [0, 0.1) is 12.5 Å². The second-order valence-electron chi connectivity index (χ2n) is 8.44. The summed E-state index contributed by atoms with van der Waals surface area (Å²) in [5, 5.41) is 2.69. The molecule has 26 heavy (non-hydrogen) atoms. The highest BCUT2D eigenvalue weighted by Gasteiger charge is 2.50. The van der Waals surface area contributed by atoms with Crippen LogP contribution in [0.3, 0.4) is 0 Å². The quantitative estimate of drug-likeness (QED) is 0.557. The molecule has 0 spiro atoms. The monoisotopic (exact) mass is 363 g/mol. The maximum atomic E-state index is 7.31. The van der Waals surface area contributed by atoms with Crippen molar-refractivity contribution in [2.75, 3.05) is 6.61 Å². The number of nitrogens with zero attached hydrogens (tertiary/aromatic N) is 1. The molecule has 1 aliphatic carbocycles. The zero-order valence-electron chi connectivity index (χ0n) is 16.1. The van der Waals surface area contributed by atoms with Crippen molar-refractivity contribution >= 4 is 18.7 Å². The van der Waals surface area contributed by atoms with Gasteiger partial charge in [-0.15, -0.1) is 0 Å². The van der Waals surface area contributed by atoms with Gasteiger partial charge in [-0.1, -0.05) is 81.4 Å². The van der Waals surface area contributed by atoms with Gasteiger partial charge in [0.05, 0.1) is 0 Å². The molecule has 1 saturated carbocycles. The Hall–Kier alpha value is -1.89. The molecule has 1 unspecified atom stereocenters. The average molecular weight is 364 g/mol. The second-order valence-corrected chi connectivity index (χ2v) is 12.7. The molecule has 2 aromatic rings. The second kappa shape index (κ2) is 7.78. The van der Waals surface area contributed by atoms with Crippen LogP contribution in [0.2, 0.25) is 5.04 Å². The Balaban J connectivity index is 1.99. The van der Waals surface area contributed by atoms with E-state index in [9.17, 15) is 0 Å². The first-order valence-electron chi connectivity index (χ1n) is 9.59. The third-order valence-electron chi connectivity index (χ3n) is 5.65. The van der Waals surface area contributed by atoms with Gasteiger partial charge < -0.3 is 9.27 Å². The van der Waals surface area contributed by atoms with E-state index in [0.29, 0.717) is 5.92 Å². The Morgan fingerprint density at radius 2 is 1.50 bits per heavy atom. The summed E-state index contributed by atoms with van der Waals surface area (Å²) < 4.78 is 6.98. The van der Waals surface area contributed by atoms with E-state index in [1.807, 2.05) is 0 Å². The van der Waals surface area contributed by atoms with Crippen LogP contribution in [-0.4, -0.2) is 21.0 Å². The molecule has 0 amide bonds. The SMILES string of the molecule is [C-]#[N+]C1CC[C@H](CO[Si](c2ccccc2)(c2ccccc2)C(C)(C)C)C1. The van der Waals surface area contributed by atoms with Crippen molar-refractivity contribution in [3.8, 4) is 0 Å². The lowest BCUT2D eigenvalue weighted by molar-refractivity contribution is 0.237. The first-order chi connectivity index (χ1) is 12.5. The third-order valence-corrected chi connectivity index (χ3v) is 10.7. The number of benzene rings is 2. The van der Waals surface area contributed by atoms with Gasteiger partial charge >= 0.3 is 0 Å². The normalized spacial score (nSPS) is 20.7. The minimum Gasteiger partial charge on any atom is -0.407 e. The van der Waals surface area contributed by atoms with Crippen LogP contribution in [0.15, 0.2) is 60.7 Å². The van der Waals surface area contributed by atoms with Crippen molar-refractivity contribution in [3.05, 3.63) is 72.1 Å². The van der Waals surface area contributed by atoms with Gasteiger partial charge in [-0.2, -0.15) is 0 Å². The van der Waals surface area contributed by atoms with Crippen LogP contribution in [-0.2, 0) is 4.43 Å². The van der Waals surface area contributed by atoms with Crippen molar-refractivity contribution in [2.24, 2.45) is 5.92 Å². The maximum absolute atomic E-state index is 7.31. The van der Waals surface area contributed by atoms with Gasteiger partial charge in [0, 0.05) is 19.4 Å². The Kier molecular flexibility index (Phi) is 5.65. The Bertz CT molecular complexity index is 706. The molecule has 0 aliphatic heterocycles. The highest BCUT2D eigenvalue weighted by atomic mass is 28.4. The summed E-state index contributed by atoms with van der Waals surface area (Å²) in [4.78, 5) is 3.75. The predicted octanol–water partition coefficient (Wildman–Crippen LogP) is 4.65. The molecule has 0 heterocycles. The van der Waals surface area contributed by atoms with Crippen LogP contribution in [0.5, 0.6) is 0 Å². The smallest absolute Gasteiger partial charge is 0.261 e. The predicted molar refractivity (Wildman–Crippen MR) is 111 cm³/mol. The Morgan fingerprint density at radius 3 is 1.92 bits per heavy atom. The fourth-order valence-electron chi connectivity index (χ4n) is 4.32. The fraction of sp³-hybridized carbons (Fsp3) is 0.435. The van der Waals surface area contributed by atoms with Crippen LogP contribution >= 0.6 is 0 Å². The topological polar surface area (TPSA) is 13.6 Å². The molecule has 0 saturated heterocycles. The Labute approximate surface area is 159 Å². The number of hydrogen-bond acceptors (Lipinski definition) is 1. The van der Waals surface area contributed by atoms with Crippen molar-refractivity contribution in [3.63, 3.8) is 0 Å². The summed E-state index contributed by atoms with van der Waals surface area (Å²) in [7, 11) is -2.43. The van der Waals surface area contributed by atoms with Gasteiger partial charge in [0.25, 0.3) is 8.32 Å². The lowest BCUT2D eigenvalue weighted by Crippen LogP contribution is -2.66. The van der Waals surface area contributed by atoms with E-state index in [-0.39, 0.29) is 11.1 Å². The first-order valence-corrected chi connectivity index (χ1v) is 11.5. The molecule has 0 radical (unpaired) electrons. The van der Waals surface area contributed by atoms with E-state index in [2.05, 4.69) is 86.3 Å². The van der Waals surface area contributed by atoms with E-state index < -0.39 is 8.32 Å². The number of hydrogen-bond donors (Lipinski definition) is 0. The van der Waals surface area contributed by atoms with Crippen molar-refractivity contribution in [1.82, 2.24) is 0 Å². The molecule has 3 rings (SSSR count). The van der Waals surface area contributed by atoms with Crippen LogP contribution in [0.25, 0.3) is 4.85 Å². The van der Waals surface area contributed by atoms with Gasteiger partial charge in [0.2, 0.25) is 6.04 Å². The molecule has 0 aromatic heterocycles. The molecule has 2 atom stereocenters. The van der Waals surface area contributed by atoms with Gasteiger partial charge in [0.1, 0.15) is 0 Å². The molecule has 136 valence electrons. The molecule has 0 N–H and O–H groups in total. The molecular weight excluding hydrogens is 334 g/mol. The zero-order chi connectivity index (χ0) is 18.6. The van der Waals surface area contributed by atoms with Gasteiger partial charge in [-0.05, 0) is 27.8 Å². The van der Waals surface area contributed by atoms with E-state index in [1.54, 1.807) is 0 Å². The third kappa shape index (κ3) is 3.63. The van der Waals surface area contributed by atoms with Crippen LogP contribution < -0.4 is 10.4 Å². The number of rotatable bonds is 5. The molecule has 1 fully saturated rings. The summed E-state index contributed by atoms with van der Waals surface area (Å²) >= 11 is 0. The van der Waals surface area contributed by atoms with Crippen molar-refractivity contribution in [2.45, 2.75) is 51.1 Å². The highest BCUT2D eigenvalue weighted by Crippen LogP contribution is 2.38. The van der Waals surface area contributed by atoms with Crippen LogP contribution in [0.1, 0.15) is 40.0 Å². The summed E-state index contributed by atoms with van der Waals surface area (Å²) in [5.74, 6) is 0.510. The lowest BCUT2D eigenvalue weighted by Gasteiger charge is -2.43. The summed E-state index contributed by atoms with van der Waals surface area (Å²) in [6.45, 7) is 15.0. The molecule has 0 bridgehead atoms. The van der Waals surface area contributed by atoms with Gasteiger partial charge in [0.15, 0.2) is 0 Å². The first kappa shape index (κ1) is 18.9. The maximum Gasteiger partial charge on any atom is 0.261 e. The highest BCUT2D eigenvalue weighted by molar-refractivity contribution is 6.99. The van der Waals surface area contributed by atoms with Crippen LogP contribution in [0.4, 0.5) is 0 Å². The largest absolute Gasteiger partial charge is 0.407 e. The van der Waals surface area contributed by atoms with E-state index in [0.717, 1.165) is 25.9 Å². The minimum atomic E-state index is -2.43. The minimum absolute atomic E-state index is 0.0213. The Morgan fingerprint density at radius 1 is 0.962 bits per heavy atom. The van der Waals surface area contributed by atoms with Gasteiger partial charge in [-0.25, -0.2) is 6.57 Å². The van der Waals surface area contributed by atoms with E-state index in [1.165, 1.54) is 10.4 Å². The van der Waals surface area contributed by atoms with E-state index in [4.69, 9.17) is 11.0 Å². The molecule has 1 aliphatic rings. The molecular formula is C23H29NOSi. The lowest BCUT2D eigenvalue weighted by atomic mass is 10.1. The summed E-state index contributed by atoms with van der Waals surface area (Å²) in [5.41, 5.74) is 0. The summed E-state index contributed by atoms with van der Waals surface area (Å²) in [6.07, 6.45) is 3.13. The molecule has 3 heteroatoms. The van der Waals surface area contributed by atoms with Gasteiger partial charge in [-0.3, -0.25) is 0 Å². The van der Waals surface area contributed by atoms with Crippen molar-refractivity contribution in [1.29, 1.82) is 0 Å².